The van der Waals surface area contributed by atoms with E-state index in [9.17, 15) is 5.11 Å². The third kappa shape index (κ3) is 7.15. The Morgan fingerprint density at radius 1 is 0.603 bits per heavy atom. The second kappa shape index (κ2) is 16.1. The Morgan fingerprint density at radius 2 is 1.24 bits per heavy atom. The van der Waals surface area contributed by atoms with Crippen LogP contribution in [-0.4, -0.2) is 19.6 Å². The molecule has 0 aliphatic rings. The molecule has 5 nitrogen and oxygen atoms in total. The molecule has 9 aromatic rings. The molecule has 0 fully saturated rings. The first-order chi connectivity index (χ1) is 27.9. The molecule has 7 aromatic carbocycles. The van der Waals surface area contributed by atoms with E-state index in [1.54, 1.807) is 0 Å². The van der Waals surface area contributed by atoms with Gasteiger partial charge in [-0.1, -0.05) is 154 Å². The van der Waals surface area contributed by atoms with Crippen LogP contribution >= 0.6 is 0 Å². The molecule has 2 aromatic heterocycles. The fraction of sp³-hybridized carbons (Fsp3) is 0.0769. The van der Waals surface area contributed by atoms with Crippen molar-refractivity contribution in [3.05, 3.63) is 200 Å². The van der Waals surface area contributed by atoms with Crippen molar-refractivity contribution in [2.75, 3.05) is 4.90 Å². The van der Waals surface area contributed by atoms with Gasteiger partial charge < -0.3 is 14.6 Å². The first-order valence-electron chi connectivity index (χ1n) is 19.2. The van der Waals surface area contributed by atoms with E-state index in [1.165, 1.54) is 0 Å². The molecule has 0 amide bonds. The molecule has 0 spiro atoms. The number of phenolic OH excluding ortho intramolecular Hbond substituents is 1. The number of fused-ring (bicyclic) bond motifs is 1. The maximum atomic E-state index is 12.2. The number of aromatic hydroxyl groups is 1. The van der Waals surface area contributed by atoms with Crippen molar-refractivity contribution in [1.82, 2.24) is 14.5 Å². The molecule has 0 radical (unpaired) electrons. The number of imidazole rings is 1. The van der Waals surface area contributed by atoms with Crippen LogP contribution in [0.4, 0.5) is 17.2 Å². The van der Waals surface area contributed by atoms with Gasteiger partial charge in [0.2, 0.25) is 0 Å². The summed E-state index contributed by atoms with van der Waals surface area (Å²) in [6, 6.07) is 66.0. The van der Waals surface area contributed by atoms with Crippen molar-refractivity contribution < 1.29 is 26.2 Å². The molecule has 0 atom stereocenters. The first kappa shape index (κ1) is 38.3. The van der Waals surface area contributed by atoms with E-state index in [2.05, 4.69) is 170 Å². The van der Waals surface area contributed by atoms with E-state index in [-0.39, 0.29) is 32.2 Å². The summed E-state index contributed by atoms with van der Waals surface area (Å²) in [5.74, 6) is 1.62. The van der Waals surface area contributed by atoms with Crippen molar-refractivity contribution in [2.24, 2.45) is 0 Å². The van der Waals surface area contributed by atoms with Gasteiger partial charge in [0, 0.05) is 49.6 Å². The largest absolute Gasteiger partial charge is 0.507 e. The molecule has 1 N–H and O–H groups in total. The number of hydrogen-bond donors (Lipinski definition) is 1. The van der Waals surface area contributed by atoms with Gasteiger partial charge in [-0.3, -0.25) is 4.98 Å². The van der Waals surface area contributed by atoms with Gasteiger partial charge in [-0.05, 0) is 63.5 Å². The van der Waals surface area contributed by atoms with Crippen LogP contribution in [0.2, 0.25) is 0 Å². The Morgan fingerprint density at radius 3 is 2.00 bits per heavy atom. The second-order valence-corrected chi connectivity index (χ2v) is 15.1. The van der Waals surface area contributed by atoms with Gasteiger partial charge in [-0.25, -0.2) is 4.98 Å². The number of para-hydroxylation sites is 2. The minimum atomic E-state index is -0.302. The number of benzene rings is 7. The summed E-state index contributed by atoms with van der Waals surface area (Å²) in [5.41, 5.74) is 9.48. The zero-order valence-corrected chi connectivity index (χ0v) is 34.7. The minimum Gasteiger partial charge on any atom is -0.507 e. The van der Waals surface area contributed by atoms with Crippen LogP contribution in [0.3, 0.4) is 0 Å². The average Bonchev–Trinajstić information content (AvgIpc) is 3.65. The first-order valence-corrected chi connectivity index (χ1v) is 19.2. The van der Waals surface area contributed by atoms with E-state index >= 15 is 0 Å². The molecule has 0 aliphatic carbocycles. The molecule has 0 unspecified atom stereocenters. The third-order valence-corrected chi connectivity index (χ3v) is 10.4. The van der Waals surface area contributed by atoms with E-state index < -0.39 is 0 Å². The van der Waals surface area contributed by atoms with Gasteiger partial charge in [0.25, 0.3) is 0 Å². The van der Waals surface area contributed by atoms with Crippen molar-refractivity contribution in [3.8, 4) is 56.5 Å². The molecule has 0 saturated heterocycles. The Labute approximate surface area is 354 Å². The number of pyridine rings is 1. The fourth-order valence-corrected chi connectivity index (χ4v) is 7.74. The average molecular weight is 933 g/mol. The number of phenols is 1. The number of hydrogen-bond acceptors (Lipinski definition) is 4. The summed E-state index contributed by atoms with van der Waals surface area (Å²) in [6.07, 6.45) is 1.82. The zero-order chi connectivity index (χ0) is 38.9. The Kier molecular flexibility index (Phi) is 10.7. The quantitative estimate of drug-likeness (QED) is 0.154. The van der Waals surface area contributed by atoms with Crippen LogP contribution in [0.25, 0.3) is 61.5 Å². The smallest absolute Gasteiger partial charge is 0.139 e. The summed E-state index contributed by atoms with van der Waals surface area (Å²) in [4.78, 5) is 12.6. The maximum absolute atomic E-state index is 12.2. The number of anilines is 3. The molecule has 9 rings (SSSR count). The van der Waals surface area contributed by atoms with E-state index in [4.69, 9.17) is 9.97 Å². The number of nitrogens with zero attached hydrogens (tertiary/aromatic N) is 4. The molecule has 0 aliphatic heterocycles. The van der Waals surface area contributed by atoms with Gasteiger partial charge in [-0.15, -0.1) is 29.8 Å². The molecule has 0 saturated carbocycles. The summed E-state index contributed by atoms with van der Waals surface area (Å²) >= 11 is 0. The van der Waals surface area contributed by atoms with Gasteiger partial charge in [0.05, 0.1) is 16.9 Å². The Hall–Kier alpha value is -6.55. The zero-order valence-electron chi connectivity index (χ0n) is 32.5. The van der Waals surface area contributed by atoms with Gasteiger partial charge in [0.1, 0.15) is 17.4 Å². The molecular formula is C52H41N4OPt-. The number of aromatic nitrogens is 3. The monoisotopic (exact) mass is 932 g/mol. The molecule has 6 heteroatoms. The summed E-state index contributed by atoms with van der Waals surface area (Å²) in [6.45, 7) is 6.36. The van der Waals surface area contributed by atoms with Gasteiger partial charge >= 0.3 is 0 Å². The van der Waals surface area contributed by atoms with Gasteiger partial charge in [-0.2, -0.15) is 0 Å². The van der Waals surface area contributed by atoms with Crippen LogP contribution in [0, 0.1) is 6.07 Å². The van der Waals surface area contributed by atoms with Crippen molar-refractivity contribution >= 4 is 28.0 Å². The maximum Gasteiger partial charge on any atom is 0.139 e. The fourth-order valence-electron chi connectivity index (χ4n) is 7.74. The van der Waals surface area contributed by atoms with E-state index in [0.29, 0.717) is 11.4 Å². The van der Waals surface area contributed by atoms with Crippen LogP contribution in [-0.2, 0) is 26.5 Å². The Balaban J connectivity index is 0.00000469. The van der Waals surface area contributed by atoms with Crippen molar-refractivity contribution in [3.63, 3.8) is 0 Å². The summed E-state index contributed by atoms with van der Waals surface area (Å²) < 4.78 is 2.22. The van der Waals surface area contributed by atoms with E-state index in [1.807, 2.05) is 54.7 Å². The Bertz CT molecular complexity index is 2840. The number of rotatable bonds is 8. The predicted molar refractivity (Wildman–Crippen MR) is 234 cm³/mol. The summed E-state index contributed by atoms with van der Waals surface area (Å²) in [5, 5.41) is 14.4. The third-order valence-electron chi connectivity index (χ3n) is 10.4. The van der Waals surface area contributed by atoms with Crippen LogP contribution < -0.4 is 4.90 Å². The normalized spacial score (nSPS) is 11.3. The van der Waals surface area contributed by atoms with Crippen molar-refractivity contribution in [2.45, 2.75) is 26.2 Å². The molecule has 0 bridgehead atoms. The summed E-state index contributed by atoms with van der Waals surface area (Å²) in [7, 11) is 0. The van der Waals surface area contributed by atoms with E-state index in [0.717, 1.165) is 72.9 Å². The van der Waals surface area contributed by atoms with Gasteiger partial charge in [0.15, 0.2) is 0 Å². The molecule has 58 heavy (non-hydrogen) atoms. The van der Waals surface area contributed by atoms with Crippen molar-refractivity contribution in [1.29, 1.82) is 0 Å². The predicted octanol–water partition coefficient (Wildman–Crippen LogP) is 13.4. The second-order valence-electron chi connectivity index (χ2n) is 15.1. The molecule has 2 heterocycles. The van der Waals surface area contributed by atoms with Crippen LogP contribution in [0.15, 0.2) is 188 Å². The molecule has 286 valence electrons. The SMILES string of the molecule is CC(C)(C)c1cccc(-c2nc(-c3[c-]c(N(c4ccccn4)c4cccc5ccccc45)ccc3)c(-c3ccccc3)n2-c2ccccc2-c2ccccc2)c1O.[Pt]. The standard InChI is InChI=1S/C52H41N4O.Pt/c1-52(2,3)44-30-18-29-43(50(44)57)51-54-48(49(38-22-8-5-9-23-38)56(51)46-31-13-12-28-42(46)36-19-6-4-7-20-36)39-25-16-26-40(35-39)55(47-33-14-15-34-53-47)45-32-17-24-37-21-10-11-27-41(37)45;/h4-34,57H,1-3H3;/q-1;. The van der Waals surface area contributed by atoms with Crippen LogP contribution in [0.5, 0.6) is 5.75 Å². The topological polar surface area (TPSA) is 54.2 Å². The molecular weight excluding hydrogens is 892 g/mol. The van der Waals surface area contributed by atoms with Crippen LogP contribution in [0.1, 0.15) is 26.3 Å². The minimum absolute atomic E-state index is 0.